The van der Waals surface area contributed by atoms with Crippen molar-refractivity contribution in [1.82, 2.24) is 0 Å². The highest BCUT2D eigenvalue weighted by Gasteiger charge is 2.09. The van der Waals surface area contributed by atoms with Crippen molar-refractivity contribution in [2.24, 2.45) is 0 Å². The first-order chi connectivity index (χ1) is 16.2. The number of ether oxygens (including phenoxy) is 1. The molecule has 0 aromatic carbocycles. The molecule has 3 heteroatoms. The number of hydrogen-bond donors (Lipinski definition) is 0. The van der Waals surface area contributed by atoms with Crippen LogP contribution in [0.5, 0.6) is 0 Å². The van der Waals surface area contributed by atoms with E-state index in [1.807, 2.05) is 0 Å². The van der Waals surface area contributed by atoms with Crippen LogP contribution in [0.4, 0.5) is 0 Å². The molecule has 0 spiro atoms. The molecular weight excluding hydrogens is 408 g/mol. The van der Waals surface area contributed by atoms with Crippen LogP contribution in [0.25, 0.3) is 0 Å². The van der Waals surface area contributed by atoms with Crippen LogP contribution >= 0.6 is 0 Å². The Morgan fingerprint density at radius 3 is 1.12 bits per heavy atom. The largest absolute Gasteiger partial charge is 0.393 e. The van der Waals surface area contributed by atoms with E-state index < -0.39 is 0 Å². The van der Waals surface area contributed by atoms with E-state index in [-0.39, 0.29) is 11.9 Å². The maximum Gasteiger partial charge on any atom is 0.313 e. The quantitative estimate of drug-likeness (QED) is 0.0584. The van der Waals surface area contributed by atoms with E-state index in [1.165, 1.54) is 109 Å². The van der Waals surface area contributed by atoms with E-state index in [4.69, 9.17) is 4.74 Å². The lowest BCUT2D eigenvalue weighted by molar-refractivity contribution is -0.159. The molecule has 0 aromatic heterocycles. The maximum absolute atomic E-state index is 11.7. The van der Waals surface area contributed by atoms with Crippen molar-refractivity contribution in [3.63, 3.8) is 0 Å². The molecule has 3 nitrogen and oxygen atoms in total. The molecule has 0 saturated heterocycles. The summed E-state index contributed by atoms with van der Waals surface area (Å²) in [4.78, 5) is 23.4. The van der Waals surface area contributed by atoms with Crippen LogP contribution in [0.3, 0.4) is 0 Å². The summed E-state index contributed by atoms with van der Waals surface area (Å²) in [7, 11) is 0. The number of carbonyl (C=O) groups is 2. The van der Waals surface area contributed by atoms with Crippen LogP contribution in [0, 0.1) is 0 Å². The van der Waals surface area contributed by atoms with Crippen molar-refractivity contribution in [3.05, 3.63) is 12.2 Å². The van der Waals surface area contributed by atoms with Gasteiger partial charge in [0, 0.05) is 12.8 Å². The van der Waals surface area contributed by atoms with Gasteiger partial charge in [0.2, 0.25) is 0 Å². The van der Waals surface area contributed by atoms with Gasteiger partial charge in [0.25, 0.3) is 0 Å². The molecule has 0 unspecified atom stereocenters. The Labute approximate surface area is 206 Å². The van der Waals surface area contributed by atoms with E-state index in [1.54, 1.807) is 0 Å². The molecule has 0 amide bonds. The minimum atomic E-state index is -0.343. The smallest absolute Gasteiger partial charge is 0.313 e. The summed E-state index contributed by atoms with van der Waals surface area (Å²) >= 11 is 0. The number of unbranched alkanes of at least 4 members (excludes halogenated alkanes) is 19. The average Bonchev–Trinajstić information content (AvgIpc) is 2.80. The van der Waals surface area contributed by atoms with Crippen molar-refractivity contribution in [1.29, 1.82) is 0 Å². The lowest BCUT2D eigenvalue weighted by Gasteiger charge is -2.04. The number of rotatable bonds is 25. The fourth-order valence-corrected chi connectivity index (χ4v) is 4.15. The fourth-order valence-electron chi connectivity index (χ4n) is 4.15. The van der Waals surface area contributed by atoms with Gasteiger partial charge in [-0.15, -0.1) is 0 Å². The van der Waals surface area contributed by atoms with Gasteiger partial charge in [-0.2, -0.15) is 0 Å². The molecule has 0 radical (unpaired) electrons. The average molecular weight is 465 g/mol. The molecule has 0 bridgehead atoms. The fraction of sp³-hybridized carbons (Fsp3) is 0.867. The summed E-state index contributed by atoms with van der Waals surface area (Å²) in [6.45, 7) is 4.45. The molecule has 0 fully saturated rings. The molecule has 0 N–H and O–H groups in total. The van der Waals surface area contributed by atoms with E-state index in [9.17, 15) is 9.59 Å². The predicted octanol–water partition coefficient (Wildman–Crippen LogP) is 10.0. The van der Waals surface area contributed by atoms with Crippen molar-refractivity contribution >= 4 is 11.9 Å². The summed E-state index contributed by atoms with van der Waals surface area (Å²) < 4.78 is 4.91. The normalized spacial score (nSPS) is 11.3. The van der Waals surface area contributed by atoms with Gasteiger partial charge in [-0.25, -0.2) is 0 Å². The molecule has 0 aliphatic rings. The number of esters is 2. The Morgan fingerprint density at radius 1 is 0.455 bits per heavy atom. The maximum atomic E-state index is 11.7. The minimum Gasteiger partial charge on any atom is -0.393 e. The van der Waals surface area contributed by atoms with Crippen LogP contribution in [0.2, 0.25) is 0 Å². The Bertz CT molecular complexity index is 455. The monoisotopic (exact) mass is 464 g/mol. The topological polar surface area (TPSA) is 43.4 Å². The molecule has 0 aliphatic heterocycles. The van der Waals surface area contributed by atoms with Gasteiger partial charge in [-0.1, -0.05) is 129 Å². The zero-order valence-electron chi connectivity index (χ0n) is 22.4. The van der Waals surface area contributed by atoms with E-state index in [0.717, 1.165) is 32.1 Å². The summed E-state index contributed by atoms with van der Waals surface area (Å²) in [6.07, 6.45) is 32.8. The van der Waals surface area contributed by atoms with Gasteiger partial charge in [0.05, 0.1) is 0 Å². The van der Waals surface area contributed by atoms with Crippen LogP contribution in [0.1, 0.15) is 168 Å². The standard InChI is InChI=1S/C30H56O3/c1-3-5-7-9-10-11-12-13-14-15-16-17-18-19-20-21-22-24-26-28-30(32)33-29(31)27-25-23-8-6-4-2/h13-14H,3-12,15-28H2,1-2H3/b14-13-. The van der Waals surface area contributed by atoms with Crippen LogP contribution in [-0.4, -0.2) is 11.9 Å². The first-order valence-electron chi connectivity index (χ1n) is 14.6. The third kappa shape index (κ3) is 27.0. The van der Waals surface area contributed by atoms with E-state index in [2.05, 4.69) is 26.0 Å². The zero-order chi connectivity index (χ0) is 24.2. The van der Waals surface area contributed by atoms with Gasteiger partial charge in [-0.05, 0) is 38.5 Å². The Hall–Kier alpha value is -1.12. The van der Waals surface area contributed by atoms with Gasteiger partial charge in [0.15, 0.2) is 0 Å². The second-order valence-electron chi connectivity index (χ2n) is 9.76. The highest BCUT2D eigenvalue weighted by Crippen LogP contribution is 2.13. The second kappa shape index (κ2) is 27.1. The Kier molecular flexibility index (Phi) is 26.2. The molecule has 0 aliphatic carbocycles. The Morgan fingerprint density at radius 2 is 0.758 bits per heavy atom. The van der Waals surface area contributed by atoms with Crippen molar-refractivity contribution in [2.45, 2.75) is 168 Å². The highest BCUT2D eigenvalue weighted by molar-refractivity contribution is 5.85. The third-order valence-electron chi connectivity index (χ3n) is 6.35. The summed E-state index contributed by atoms with van der Waals surface area (Å²) in [5.74, 6) is -0.681. The number of allylic oxidation sites excluding steroid dienone is 2. The SMILES string of the molecule is CCCCCCCC/C=C\CCCCCCCCCCCC(=O)OC(=O)CCCCCCC. The molecule has 194 valence electrons. The molecule has 0 aromatic rings. The molecule has 0 saturated carbocycles. The zero-order valence-corrected chi connectivity index (χ0v) is 22.4. The molecular formula is C30H56O3. The summed E-state index contributed by atoms with van der Waals surface area (Å²) in [5, 5.41) is 0. The highest BCUT2D eigenvalue weighted by atomic mass is 16.6. The van der Waals surface area contributed by atoms with Gasteiger partial charge < -0.3 is 4.74 Å². The van der Waals surface area contributed by atoms with Gasteiger partial charge in [-0.3, -0.25) is 9.59 Å². The lowest BCUT2D eigenvalue weighted by Crippen LogP contribution is -2.11. The Balaban J connectivity index is 3.27. The number of hydrogen-bond acceptors (Lipinski definition) is 3. The minimum absolute atomic E-state index is 0.338. The lowest BCUT2D eigenvalue weighted by atomic mass is 10.1. The van der Waals surface area contributed by atoms with Crippen LogP contribution in [0.15, 0.2) is 12.2 Å². The molecule has 0 rings (SSSR count). The second-order valence-corrected chi connectivity index (χ2v) is 9.76. The van der Waals surface area contributed by atoms with E-state index in [0.29, 0.717) is 12.8 Å². The van der Waals surface area contributed by atoms with Crippen LogP contribution in [-0.2, 0) is 14.3 Å². The molecule has 0 atom stereocenters. The summed E-state index contributed by atoms with van der Waals surface area (Å²) in [6, 6.07) is 0. The van der Waals surface area contributed by atoms with Crippen molar-refractivity contribution in [2.75, 3.05) is 0 Å². The molecule has 33 heavy (non-hydrogen) atoms. The predicted molar refractivity (Wildman–Crippen MR) is 142 cm³/mol. The summed E-state index contributed by atoms with van der Waals surface area (Å²) in [5.41, 5.74) is 0. The molecule has 0 heterocycles. The van der Waals surface area contributed by atoms with Crippen LogP contribution < -0.4 is 0 Å². The van der Waals surface area contributed by atoms with E-state index >= 15 is 0 Å². The van der Waals surface area contributed by atoms with Crippen molar-refractivity contribution < 1.29 is 14.3 Å². The van der Waals surface area contributed by atoms with Crippen molar-refractivity contribution in [3.8, 4) is 0 Å². The van der Waals surface area contributed by atoms with Gasteiger partial charge >= 0.3 is 11.9 Å². The third-order valence-corrected chi connectivity index (χ3v) is 6.35. The number of carbonyl (C=O) groups excluding carboxylic acids is 2. The van der Waals surface area contributed by atoms with Gasteiger partial charge in [0.1, 0.15) is 0 Å². The first kappa shape index (κ1) is 31.9. The first-order valence-corrected chi connectivity index (χ1v) is 14.6.